The van der Waals surface area contributed by atoms with Crippen molar-refractivity contribution in [2.75, 3.05) is 39.0 Å². The van der Waals surface area contributed by atoms with Crippen LogP contribution in [0, 0.1) is 6.92 Å². The van der Waals surface area contributed by atoms with Crippen molar-refractivity contribution in [3.05, 3.63) is 29.8 Å². The standard InChI is InChI=1S/C17H25F3N4S.HI/c1-13-3-5-15(6-4-13)25-10-8-22-16(21-2)23-14-7-9-24(11-14)12-17(18,19)20;/h3-6,14H,7-12H2,1-2H3,(H2,21,22,23);1H. The molecule has 2 rings (SSSR count). The van der Waals surface area contributed by atoms with Crippen molar-refractivity contribution in [2.24, 2.45) is 4.99 Å². The predicted molar refractivity (Wildman–Crippen MR) is 113 cm³/mol. The zero-order chi connectivity index (χ0) is 18.3. The molecule has 2 N–H and O–H groups in total. The van der Waals surface area contributed by atoms with Crippen LogP contribution in [-0.2, 0) is 0 Å². The number of likely N-dealkylation sites (tertiary alicyclic amines) is 1. The molecule has 0 saturated carbocycles. The Morgan fingerprint density at radius 3 is 2.62 bits per heavy atom. The van der Waals surface area contributed by atoms with Gasteiger partial charge in [-0.1, -0.05) is 17.7 Å². The Hall–Kier alpha value is -0.680. The van der Waals surface area contributed by atoms with Crippen LogP contribution in [0.15, 0.2) is 34.2 Å². The van der Waals surface area contributed by atoms with Gasteiger partial charge >= 0.3 is 6.18 Å². The highest BCUT2D eigenvalue weighted by molar-refractivity contribution is 14.0. The van der Waals surface area contributed by atoms with E-state index in [2.05, 4.69) is 46.8 Å². The minimum atomic E-state index is -4.14. The Morgan fingerprint density at radius 2 is 2.00 bits per heavy atom. The van der Waals surface area contributed by atoms with Gasteiger partial charge in [0.05, 0.1) is 6.54 Å². The molecule has 9 heteroatoms. The van der Waals surface area contributed by atoms with E-state index in [1.807, 2.05) is 0 Å². The first kappa shape index (κ1) is 23.4. The lowest BCUT2D eigenvalue weighted by Gasteiger charge is -2.19. The molecule has 0 aromatic heterocycles. The number of thioether (sulfide) groups is 1. The number of aryl methyl sites for hydroxylation is 1. The van der Waals surface area contributed by atoms with Crippen LogP contribution in [0.5, 0.6) is 0 Å². The summed E-state index contributed by atoms with van der Waals surface area (Å²) in [5.74, 6) is 1.53. The maximum absolute atomic E-state index is 12.4. The third-order valence-corrected chi connectivity index (χ3v) is 4.94. The van der Waals surface area contributed by atoms with Crippen LogP contribution >= 0.6 is 35.7 Å². The van der Waals surface area contributed by atoms with Gasteiger partial charge in [0, 0.05) is 43.4 Å². The van der Waals surface area contributed by atoms with Gasteiger partial charge in [0.25, 0.3) is 0 Å². The van der Waals surface area contributed by atoms with Crippen molar-refractivity contribution in [1.82, 2.24) is 15.5 Å². The molecular weight excluding hydrogens is 476 g/mol. The summed E-state index contributed by atoms with van der Waals surface area (Å²) in [6.45, 7) is 2.79. The summed E-state index contributed by atoms with van der Waals surface area (Å²) in [6.07, 6.45) is -3.45. The lowest BCUT2D eigenvalue weighted by molar-refractivity contribution is -0.143. The smallest absolute Gasteiger partial charge is 0.356 e. The maximum Gasteiger partial charge on any atom is 0.401 e. The molecule has 1 aromatic rings. The Kier molecular flexibility index (Phi) is 10.1. The second kappa shape index (κ2) is 11.2. The van der Waals surface area contributed by atoms with E-state index < -0.39 is 12.7 Å². The molecule has 0 aliphatic carbocycles. The fourth-order valence-corrected chi connectivity index (χ4v) is 3.48. The summed E-state index contributed by atoms with van der Waals surface area (Å²) in [6, 6.07) is 8.37. The molecule has 1 unspecified atom stereocenters. The van der Waals surface area contributed by atoms with E-state index in [0.29, 0.717) is 25.5 Å². The maximum atomic E-state index is 12.4. The van der Waals surface area contributed by atoms with Gasteiger partial charge in [-0.15, -0.1) is 35.7 Å². The Balaban J connectivity index is 0.00000338. The van der Waals surface area contributed by atoms with Crippen LogP contribution in [0.1, 0.15) is 12.0 Å². The van der Waals surface area contributed by atoms with Crippen LogP contribution in [0.4, 0.5) is 13.2 Å². The molecule has 148 valence electrons. The van der Waals surface area contributed by atoms with Crippen molar-refractivity contribution in [3.8, 4) is 0 Å². The van der Waals surface area contributed by atoms with Crippen molar-refractivity contribution in [2.45, 2.75) is 30.5 Å². The molecule has 0 bridgehead atoms. The number of benzene rings is 1. The number of guanidine groups is 1. The molecule has 4 nitrogen and oxygen atoms in total. The molecule has 1 saturated heterocycles. The first-order chi connectivity index (χ1) is 11.9. The Bertz CT molecular complexity index is 566. The van der Waals surface area contributed by atoms with Crippen molar-refractivity contribution >= 4 is 41.7 Å². The number of hydrogen-bond acceptors (Lipinski definition) is 3. The molecule has 1 aliphatic rings. The summed E-state index contributed by atoms with van der Waals surface area (Å²) < 4.78 is 37.3. The number of aliphatic imine (C=N–C) groups is 1. The van der Waals surface area contributed by atoms with E-state index in [1.165, 1.54) is 15.4 Å². The molecule has 26 heavy (non-hydrogen) atoms. The SMILES string of the molecule is CN=C(NCCSc1ccc(C)cc1)NC1CCN(CC(F)(F)F)C1.I. The quantitative estimate of drug-likeness (QED) is 0.206. The second-order valence-corrected chi connectivity index (χ2v) is 7.31. The zero-order valence-corrected chi connectivity index (χ0v) is 18.1. The topological polar surface area (TPSA) is 39.7 Å². The van der Waals surface area contributed by atoms with E-state index in [-0.39, 0.29) is 30.0 Å². The van der Waals surface area contributed by atoms with Gasteiger partial charge in [0.2, 0.25) is 0 Å². The number of hydrogen-bond donors (Lipinski definition) is 2. The average molecular weight is 502 g/mol. The zero-order valence-electron chi connectivity index (χ0n) is 15.0. The first-order valence-electron chi connectivity index (χ1n) is 8.31. The normalized spacial score (nSPS) is 18.5. The second-order valence-electron chi connectivity index (χ2n) is 6.14. The molecule has 1 aliphatic heterocycles. The minimum Gasteiger partial charge on any atom is -0.356 e. The summed E-state index contributed by atoms with van der Waals surface area (Å²) >= 11 is 1.75. The summed E-state index contributed by atoms with van der Waals surface area (Å²) in [7, 11) is 1.67. The van der Waals surface area contributed by atoms with E-state index in [9.17, 15) is 13.2 Å². The van der Waals surface area contributed by atoms with Crippen LogP contribution in [0.3, 0.4) is 0 Å². The van der Waals surface area contributed by atoms with Gasteiger partial charge in [-0.2, -0.15) is 13.2 Å². The van der Waals surface area contributed by atoms with Crippen LogP contribution in [0.25, 0.3) is 0 Å². The van der Waals surface area contributed by atoms with E-state index >= 15 is 0 Å². The summed E-state index contributed by atoms with van der Waals surface area (Å²) in [5, 5.41) is 6.43. The molecule has 1 fully saturated rings. The van der Waals surface area contributed by atoms with Crippen molar-refractivity contribution < 1.29 is 13.2 Å². The molecule has 0 radical (unpaired) electrons. The van der Waals surface area contributed by atoms with Gasteiger partial charge in [-0.3, -0.25) is 9.89 Å². The number of rotatable bonds is 6. The van der Waals surface area contributed by atoms with Crippen molar-refractivity contribution in [3.63, 3.8) is 0 Å². The van der Waals surface area contributed by atoms with Gasteiger partial charge in [0.15, 0.2) is 5.96 Å². The fraction of sp³-hybridized carbons (Fsp3) is 0.588. The molecule has 1 heterocycles. The lowest BCUT2D eigenvalue weighted by Crippen LogP contribution is -2.45. The molecule has 0 amide bonds. The summed E-state index contributed by atoms with van der Waals surface area (Å²) in [5.41, 5.74) is 1.24. The van der Waals surface area contributed by atoms with Gasteiger partial charge in [-0.25, -0.2) is 0 Å². The number of alkyl halides is 3. The number of nitrogens with zero attached hydrogens (tertiary/aromatic N) is 2. The van der Waals surface area contributed by atoms with Crippen LogP contribution in [0.2, 0.25) is 0 Å². The van der Waals surface area contributed by atoms with E-state index in [0.717, 1.165) is 12.3 Å². The monoisotopic (exact) mass is 502 g/mol. The third-order valence-electron chi connectivity index (χ3n) is 3.92. The Morgan fingerprint density at radius 1 is 1.31 bits per heavy atom. The molecule has 0 spiro atoms. The third kappa shape index (κ3) is 8.81. The summed E-state index contributed by atoms with van der Waals surface area (Å²) in [4.78, 5) is 6.80. The Labute approximate surface area is 174 Å². The average Bonchev–Trinajstić information content (AvgIpc) is 2.97. The molecular formula is C17H26F3IN4S. The van der Waals surface area contributed by atoms with Gasteiger partial charge < -0.3 is 10.6 Å². The highest BCUT2D eigenvalue weighted by atomic mass is 127. The minimum absolute atomic E-state index is 0. The van der Waals surface area contributed by atoms with Crippen molar-refractivity contribution in [1.29, 1.82) is 0 Å². The number of nitrogens with one attached hydrogen (secondary N) is 2. The van der Waals surface area contributed by atoms with E-state index in [1.54, 1.807) is 18.8 Å². The van der Waals surface area contributed by atoms with Crippen LogP contribution in [-0.4, -0.2) is 62.1 Å². The highest BCUT2D eigenvalue weighted by Crippen LogP contribution is 2.20. The molecule has 1 aromatic carbocycles. The largest absolute Gasteiger partial charge is 0.401 e. The van der Waals surface area contributed by atoms with Gasteiger partial charge in [0.1, 0.15) is 0 Å². The predicted octanol–water partition coefficient (Wildman–Crippen LogP) is 3.51. The first-order valence-corrected chi connectivity index (χ1v) is 9.30. The highest BCUT2D eigenvalue weighted by Gasteiger charge is 2.34. The van der Waals surface area contributed by atoms with E-state index in [4.69, 9.17) is 0 Å². The molecule has 1 atom stereocenters. The van der Waals surface area contributed by atoms with Crippen LogP contribution < -0.4 is 10.6 Å². The lowest BCUT2D eigenvalue weighted by atomic mass is 10.2. The van der Waals surface area contributed by atoms with Gasteiger partial charge in [-0.05, 0) is 25.5 Å². The fourth-order valence-electron chi connectivity index (χ4n) is 2.71. The number of halogens is 4.